The van der Waals surface area contributed by atoms with Gasteiger partial charge in [0, 0.05) is 35.7 Å². The van der Waals surface area contributed by atoms with Gasteiger partial charge in [-0.3, -0.25) is 9.59 Å². The summed E-state index contributed by atoms with van der Waals surface area (Å²) in [5.41, 5.74) is 1.16. The number of anilines is 1. The van der Waals surface area contributed by atoms with Gasteiger partial charge in [-0.2, -0.15) is 0 Å². The number of benzene rings is 1. The van der Waals surface area contributed by atoms with Gasteiger partial charge in [-0.05, 0) is 73.8 Å². The number of nitrogens with one attached hydrogen (secondary N) is 1. The number of carbonyl (C=O) groups excluding carboxylic acids is 2. The van der Waals surface area contributed by atoms with E-state index >= 15 is 0 Å². The van der Waals surface area contributed by atoms with E-state index in [9.17, 15) is 14.4 Å². The van der Waals surface area contributed by atoms with Crippen LogP contribution in [0.4, 0.5) is 5.69 Å². The SMILES string of the molecule is CC(=O)Nc1ccc2c(COC(=O)CC34CC5CC(CC(C5)C3)C4)cc(=O)oc2c1. The lowest BCUT2D eigenvalue weighted by Crippen LogP contribution is -2.47. The molecule has 0 radical (unpaired) electrons. The quantitative estimate of drug-likeness (QED) is 0.584. The maximum absolute atomic E-state index is 12.7. The highest BCUT2D eigenvalue weighted by molar-refractivity contribution is 5.92. The number of hydrogen-bond donors (Lipinski definition) is 1. The number of amides is 1. The number of carbonyl (C=O) groups is 2. The zero-order chi connectivity index (χ0) is 20.9. The van der Waals surface area contributed by atoms with E-state index in [2.05, 4.69) is 5.32 Å². The van der Waals surface area contributed by atoms with E-state index in [-0.39, 0.29) is 23.9 Å². The molecule has 0 aliphatic heterocycles. The van der Waals surface area contributed by atoms with Crippen LogP contribution in [-0.2, 0) is 20.9 Å². The molecule has 0 unspecified atom stereocenters. The summed E-state index contributed by atoms with van der Waals surface area (Å²) in [6.07, 6.45) is 8.03. The number of hydrogen-bond acceptors (Lipinski definition) is 5. The van der Waals surface area contributed by atoms with Crippen molar-refractivity contribution >= 4 is 28.5 Å². The molecule has 1 aromatic carbocycles. The zero-order valence-electron chi connectivity index (χ0n) is 17.2. The van der Waals surface area contributed by atoms with Gasteiger partial charge in [0.15, 0.2) is 0 Å². The number of ether oxygens (including phenoxy) is 1. The first-order valence-corrected chi connectivity index (χ1v) is 10.9. The van der Waals surface area contributed by atoms with Gasteiger partial charge in [0.2, 0.25) is 5.91 Å². The topological polar surface area (TPSA) is 85.6 Å². The first kappa shape index (κ1) is 19.3. The molecule has 6 rings (SSSR count). The lowest BCUT2D eigenvalue weighted by atomic mass is 9.49. The molecule has 1 N–H and O–H groups in total. The van der Waals surface area contributed by atoms with Crippen molar-refractivity contribution in [3.05, 3.63) is 40.2 Å². The summed E-state index contributed by atoms with van der Waals surface area (Å²) in [6, 6.07) is 6.49. The molecule has 0 saturated heterocycles. The van der Waals surface area contributed by atoms with Crippen molar-refractivity contribution in [1.82, 2.24) is 0 Å². The maximum atomic E-state index is 12.7. The Morgan fingerprint density at radius 3 is 2.40 bits per heavy atom. The Morgan fingerprint density at radius 2 is 1.77 bits per heavy atom. The molecule has 4 aliphatic carbocycles. The molecule has 4 aliphatic rings. The number of fused-ring (bicyclic) bond motifs is 1. The predicted molar refractivity (Wildman–Crippen MR) is 112 cm³/mol. The van der Waals surface area contributed by atoms with Crippen LogP contribution in [-0.4, -0.2) is 11.9 Å². The van der Waals surface area contributed by atoms with Gasteiger partial charge in [-0.1, -0.05) is 0 Å². The second-order valence-corrected chi connectivity index (χ2v) is 9.74. The fourth-order valence-corrected chi connectivity index (χ4v) is 6.65. The van der Waals surface area contributed by atoms with Crippen LogP contribution in [0, 0.1) is 23.2 Å². The molecule has 4 bridgehead atoms. The van der Waals surface area contributed by atoms with Crippen LogP contribution >= 0.6 is 0 Å². The normalized spacial score (nSPS) is 29.2. The van der Waals surface area contributed by atoms with Crippen LogP contribution in [0.25, 0.3) is 11.0 Å². The second kappa shape index (κ2) is 7.25. The Balaban J connectivity index is 1.29. The first-order chi connectivity index (χ1) is 14.4. The molecule has 0 atom stereocenters. The van der Waals surface area contributed by atoms with Crippen LogP contribution in [0.5, 0.6) is 0 Å². The van der Waals surface area contributed by atoms with Gasteiger partial charge in [0.25, 0.3) is 0 Å². The summed E-state index contributed by atoms with van der Waals surface area (Å²) in [5, 5.41) is 3.37. The largest absolute Gasteiger partial charge is 0.461 e. The standard InChI is InChI=1S/C24H27NO5/c1-14(26)25-19-2-3-20-18(7-22(27)30-21(20)8-19)13-29-23(28)12-24-9-15-4-16(10-24)6-17(5-15)11-24/h2-3,7-8,15-17H,4-6,9-13H2,1H3,(H,25,26). The third-order valence-electron chi connectivity index (χ3n) is 7.22. The van der Waals surface area contributed by atoms with Gasteiger partial charge in [0.05, 0.1) is 6.42 Å². The van der Waals surface area contributed by atoms with E-state index in [0.29, 0.717) is 28.6 Å². The van der Waals surface area contributed by atoms with Crippen molar-refractivity contribution in [2.24, 2.45) is 23.2 Å². The summed E-state index contributed by atoms with van der Waals surface area (Å²) in [6.45, 7) is 1.47. The Kier molecular flexibility index (Phi) is 4.68. The van der Waals surface area contributed by atoms with Gasteiger partial charge < -0.3 is 14.5 Å². The Morgan fingerprint density at radius 1 is 1.10 bits per heavy atom. The molecular weight excluding hydrogens is 382 g/mol. The van der Waals surface area contributed by atoms with Crippen molar-refractivity contribution in [2.45, 2.75) is 58.5 Å². The van der Waals surface area contributed by atoms with Crippen molar-refractivity contribution in [1.29, 1.82) is 0 Å². The molecule has 158 valence electrons. The predicted octanol–water partition coefficient (Wildman–Crippen LogP) is 4.40. The fourth-order valence-electron chi connectivity index (χ4n) is 6.65. The molecule has 1 heterocycles. The maximum Gasteiger partial charge on any atom is 0.336 e. The Bertz CT molecular complexity index is 1030. The monoisotopic (exact) mass is 409 g/mol. The van der Waals surface area contributed by atoms with Crippen LogP contribution in [0.3, 0.4) is 0 Å². The van der Waals surface area contributed by atoms with Crippen LogP contribution in [0.1, 0.15) is 57.4 Å². The third kappa shape index (κ3) is 3.75. The van der Waals surface area contributed by atoms with Crippen LogP contribution in [0.15, 0.2) is 33.5 Å². The van der Waals surface area contributed by atoms with Crippen molar-refractivity contribution < 1.29 is 18.7 Å². The van der Waals surface area contributed by atoms with Crippen LogP contribution < -0.4 is 10.9 Å². The molecule has 4 saturated carbocycles. The van der Waals surface area contributed by atoms with E-state index in [0.717, 1.165) is 17.8 Å². The summed E-state index contributed by atoms with van der Waals surface area (Å²) in [5.74, 6) is 2.01. The van der Waals surface area contributed by atoms with Gasteiger partial charge in [0.1, 0.15) is 12.2 Å². The van der Waals surface area contributed by atoms with Gasteiger partial charge in [-0.15, -0.1) is 0 Å². The minimum atomic E-state index is -0.505. The van der Waals surface area contributed by atoms with E-state index in [1.165, 1.54) is 51.5 Å². The molecule has 1 amide bonds. The van der Waals surface area contributed by atoms with E-state index in [4.69, 9.17) is 9.15 Å². The third-order valence-corrected chi connectivity index (χ3v) is 7.22. The highest BCUT2D eigenvalue weighted by Gasteiger charge is 2.51. The Hall–Kier alpha value is -2.63. The minimum absolute atomic E-state index is 0.0484. The molecule has 6 heteroatoms. The van der Waals surface area contributed by atoms with Crippen molar-refractivity contribution in [3.63, 3.8) is 0 Å². The molecule has 1 aromatic heterocycles. The molecule has 6 nitrogen and oxygen atoms in total. The second-order valence-electron chi connectivity index (χ2n) is 9.74. The molecule has 0 spiro atoms. The van der Waals surface area contributed by atoms with Gasteiger partial charge >= 0.3 is 11.6 Å². The van der Waals surface area contributed by atoms with E-state index in [1.807, 2.05) is 0 Å². The highest BCUT2D eigenvalue weighted by Crippen LogP contribution is 2.61. The fraction of sp³-hybridized carbons (Fsp3) is 0.542. The highest BCUT2D eigenvalue weighted by atomic mass is 16.5. The zero-order valence-corrected chi connectivity index (χ0v) is 17.2. The minimum Gasteiger partial charge on any atom is -0.461 e. The van der Waals surface area contributed by atoms with Gasteiger partial charge in [-0.25, -0.2) is 4.79 Å². The van der Waals surface area contributed by atoms with E-state index < -0.39 is 5.63 Å². The Labute approximate surface area is 175 Å². The summed E-state index contributed by atoms with van der Waals surface area (Å²) < 4.78 is 10.9. The molecule has 4 fully saturated rings. The number of rotatable bonds is 5. The first-order valence-electron chi connectivity index (χ1n) is 10.9. The summed E-state index contributed by atoms with van der Waals surface area (Å²) >= 11 is 0. The lowest BCUT2D eigenvalue weighted by Gasteiger charge is -2.56. The van der Waals surface area contributed by atoms with Crippen LogP contribution in [0.2, 0.25) is 0 Å². The number of esters is 1. The smallest absolute Gasteiger partial charge is 0.336 e. The van der Waals surface area contributed by atoms with Crippen molar-refractivity contribution in [3.8, 4) is 0 Å². The summed E-state index contributed by atoms with van der Waals surface area (Å²) in [7, 11) is 0. The molecule has 30 heavy (non-hydrogen) atoms. The summed E-state index contributed by atoms with van der Waals surface area (Å²) in [4.78, 5) is 36.0. The molecule has 2 aromatic rings. The molecular formula is C24H27NO5. The van der Waals surface area contributed by atoms with Crippen molar-refractivity contribution in [2.75, 3.05) is 5.32 Å². The van der Waals surface area contributed by atoms with E-state index in [1.54, 1.807) is 18.2 Å². The average Bonchev–Trinajstić information content (AvgIpc) is 2.63. The average molecular weight is 409 g/mol. The lowest BCUT2D eigenvalue weighted by molar-refractivity contribution is -0.153.